The number of rotatable bonds is 3. The molecule has 0 bridgehead atoms. The van der Waals surface area contributed by atoms with Gasteiger partial charge in [0.05, 0.1) is 6.54 Å². The molecule has 1 aromatic carbocycles. The number of para-hydroxylation sites is 1. The number of aliphatic hydroxyl groups excluding tert-OH is 2. The van der Waals surface area contributed by atoms with Crippen LogP contribution in [0.3, 0.4) is 0 Å². The van der Waals surface area contributed by atoms with Crippen molar-refractivity contribution in [2.45, 2.75) is 31.1 Å². The maximum atomic E-state index is 11.9. The molecule has 1 fully saturated rings. The van der Waals surface area contributed by atoms with Crippen LogP contribution >= 0.6 is 0 Å². The van der Waals surface area contributed by atoms with Crippen molar-refractivity contribution in [2.75, 3.05) is 0 Å². The van der Waals surface area contributed by atoms with Crippen molar-refractivity contribution in [1.82, 2.24) is 14.1 Å². The van der Waals surface area contributed by atoms with E-state index < -0.39 is 35.8 Å². The first-order valence-corrected chi connectivity index (χ1v) is 7.91. The van der Waals surface area contributed by atoms with E-state index >= 15 is 0 Å². The van der Waals surface area contributed by atoms with Crippen molar-refractivity contribution in [3.8, 4) is 0 Å². The third-order valence-corrected chi connectivity index (χ3v) is 4.52. The third-order valence-electron chi connectivity index (χ3n) is 4.52. The summed E-state index contributed by atoms with van der Waals surface area (Å²) in [6.45, 7) is 0.320. The van der Waals surface area contributed by atoms with Gasteiger partial charge in [0.1, 0.15) is 18.3 Å². The Morgan fingerprint density at radius 2 is 1.84 bits per heavy atom. The lowest BCUT2D eigenvalue weighted by molar-refractivity contribution is -0.0437. The van der Waals surface area contributed by atoms with Crippen LogP contribution in [0.5, 0.6) is 0 Å². The molecule has 1 saturated heterocycles. The topological polar surface area (TPSA) is 109 Å². The number of hydrogen-bond donors (Lipinski definition) is 3. The van der Waals surface area contributed by atoms with E-state index in [0.29, 0.717) is 6.54 Å². The summed E-state index contributed by atoms with van der Waals surface area (Å²) in [7, 11) is 0. The molecule has 1 aliphatic heterocycles. The van der Waals surface area contributed by atoms with Crippen LogP contribution in [-0.2, 0) is 11.3 Å². The lowest BCUT2D eigenvalue weighted by atomic mass is 10.1. The molecular formula is C17H17N3O5. The number of hydrogen-bond acceptors (Lipinski definition) is 5. The Morgan fingerprint density at radius 1 is 1.04 bits per heavy atom. The zero-order chi connectivity index (χ0) is 17.6. The van der Waals surface area contributed by atoms with E-state index in [2.05, 4.69) is 4.98 Å². The van der Waals surface area contributed by atoms with Gasteiger partial charge in [0, 0.05) is 24.0 Å². The zero-order valence-electron chi connectivity index (χ0n) is 13.1. The Balaban J connectivity index is 1.62. The summed E-state index contributed by atoms with van der Waals surface area (Å²) in [6.07, 6.45) is -1.08. The average Bonchev–Trinajstić information content (AvgIpc) is 3.12. The number of ether oxygens (including phenoxy) is 1. The van der Waals surface area contributed by atoms with Gasteiger partial charge in [0.2, 0.25) is 0 Å². The fourth-order valence-corrected chi connectivity index (χ4v) is 3.23. The first-order valence-electron chi connectivity index (χ1n) is 7.91. The maximum Gasteiger partial charge on any atom is 0.330 e. The highest BCUT2D eigenvalue weighted by atomic mass is 16.6. The monoisotopic (exact) mass is 343 g/mol. The molecule has 4 atom stereocenters. The standard InChI is InChI=1S/C17H17N3O5/c21-13-6-8-20(17(24)18-13)16-15(23)14(22)12(25-16)9-19-7-5-10-3-1-2-4-11(10)19/h1-8,12,14-16,22-23H,9H2,(H,18,21,24). The minimum atomic E-state index is -1.28. The predicted octanol–water partition coefficient (Wildman–Crippen LogP) is -0.189. The van der Waals surface area contributed by atoms with Crippen LogP contribution in [0.1, 0.15) is 6.23 Å². The summed E-state index contributed by atoms with van der Waals surface area (Å²) < 4.78 is 8.73. The molecule has 25 heavy (non-hydrogen) atoms. The van der Waals surface area contributed by atoms with Gasteiger partial charge < -0.3 is 19.5 Å². The minimum absolute atomic E-state index is 0.320. The van der Waals surface area contributed by atoms with Gasteiger partial charge in [-0.1, -0.05) is 18.2 Å². The van der Waals surface area contributed by atoms with Crippen molar-refractivity contribution in [3.63, 3.8) is 0 Å². The number of nitrogens with zero attached hydrogens (tertiary/aromatic N) is 2. The second-order valence-corrected chi connectivity index (χ2v) is 6.09. The molecule has 1 aliphatic rings. The molecule has 0 spiro atoms. The van der Waals surface area contributed by atoms with Crippen molar-refractivity contribution in [1.29, 1.82) is 0 Å². The molecule has 3 N–H and O–H groups in total. The molecule has 0 aliphatic carbocycles. The van der Waals surface area contributed by atoms with Crippen LogP contribution < -0.4 is 11.2 Å². The fourth-order valence-electron chi connectivity index (χ4n) is 3.23. The number of benzene rings is 1. The van der Waals surface area contributed by atoms with Gasteiger partial charge in [-0.2, -0.15) is 0 Å². The van der Waals surface area contributed by atoms with Gasteiger partial charge >= 0.3 is 5.69 Å². The minimum Gasteiger partial charge on any atom is -0.387 e. The predicted molar refractivity (Wildman–Crippen MR) is 89.2 cm³/mol. The summed E-state index contributed by atoms with van der Waals surface area (Å²) in [6, 6.07) is 10.9. The average molecular weight is 343 g/mol. The van der Waals surface area contributed by atoms with Crippen molar-refractivity contribution in [3.05, 3.63) is 69.6 Å². The molecule has 0 amide bonds. The van der Waals surface area contributed by atoms with Gasteiger partial charge in [-0.3, -0.25) is 14.3 Å². The van der Waals surface area contributed by atoms with Gasteiger partial charge in [-0.15, -0.1) is 0 Å². The molecule has 2 aromatic heterocycles. The van der Waals surface area contributed by atoms with Gasteiger partial charge in [0.15, 0.2) is 6.23 Å². The first kappa shape index (κ1) is 15.8. The van der Waals surface area contributed by atoms with Crippen LogP contribution in [0.4, 0.5) is 0 Å². The second kappa shape index (κ2) is 5.99. The highest BCUT2D eigenvalue weighted by Gasteiger charge is 2.44. The molecule has 8 nitrogen and oxygen atoms in total. The van der Waals surface area contributed by atoms with Crippen LogP contribution in [0.2, 0.25) is 0 Å². The third kappa shape index (κ3) is 2.70. The van der Waals surface area contributed by atoms with Gasteiger partial charge in [-0.25, -0.2) is 4.79 Å². The number of fused-ring (bicyclic) bond motifs is 1. The van der Waals surface area contributed by atoms with E-state index in [1.54, 1.807) is 0 Å². The highest BCUT2D eigenvalue weighted by Crippen LogP contribution is 2.30. The Labute approximate surface area is 141 Å². The number of aliphatic hydroxyl groups is 2. The molecule has 3 heterocycles. The van der Waals surface area contributed by atoms with E-state index in [9.17, 15) is 19.8 Å². The van der Waals surface area contributed by atoms with Crippen LogP contribution in [0, 0.1) is 0 Å². The Kier molecular flexibility index (Phi) is 3.79. The van der Waals surface area contributed by atoms with E-state index in [4.69, 9.17) is 4.74 Å². The van der Waals surface area contributed by atoms with E-state index in [-0.39, 0.29) is 0 Å². The van der Waals surface area contributed by atoms with Crippen molar-refractivity contribution >= 4 is 10.9 Å². The molecule has 4 rings (SSSR count). The first-order chi connectivity index (χ1) is 12.0. The lowest BCUT2D eigenvalue weighted by Gasteiger charge is -2.17. The second-order valence-electron chi connectivity index (χ2n) is 6.09. The van der Waals surface area contributed by atoms with Crippen LogP contribution in [-0.4, -0.2) is 42.6 Å². The molecule has 4 unspecified atom stereocenters. The fraction of sp³-hybridized carbons (Fsp3) is 0.294. The Hall–Kier alpha value is -2.68. The number of aromatic amines is 1. The lowest BCUT2D eigenvalue weighted by Crippen LogP contribution is -2.37. The van der Waals surface area contributed by atoms with Crippen molar-refractivity contribution < 1.29 is 14.9 Å². The van der Waals surface area contributed by atoms with E-state index in [0.717, 1.165) is 21.5 Å². The van der Waals surface area contributed by atoms with E-state index in [1.165, 1.54) is 6.20 Å². The summed E-state index contributed by atoms with van der Waals surface area (Å²) in [5.41, 5.74) is -0.252. The van der Waals surface area contributed by atoms with Gasteiger partial charge in [0.25, 0.3) is 5.56 Å². The number of nitrogens with one attached hydrogen (secondary N) is 1. The molecular weight excluding hydrogens is 326 g/mol. The molecule has 3 aromatic rings. The Morgan fingerprint density at radius 3 is 2.64 bits per heavy atom. The molecule has 0 radical (unpaired) electrons. The summed E-state index contributed by atoms with van der Waals surface area (Å²) in [4.78, 5) is 25.2. The van der Waals surface area contributed by atoms with E-state index in [1.807, 2.05) is 41.1 Å². The molecule has 0 saturated carbocycles. The summed E-state index contributed by atoms with van der Waals surface area (Å²) >= 11 is 0. The maximum absolute atomic E-state index is 11.9. The molecule has 8 heteroatoms. The van der Waals surface area contributed by atoms with Crippen LogP contribution in [0.25, 0.3) is 10.9 Å². The Bertz CT molecular complexity index is 1020. The van der Waals surface area contributed by atoms with Crippen molar-refractivity contribution in [2.24, 2.45) is 0 Å². The summed E-state index contributed by atoms with van der Waals surface area (Å²) in [5, 5.41) is 21.7. The normalized spacial score (nSPS) is 26.3. The number of H-pyrrole nitrogens is 1. The quantitative estimate of drug-likeness (QED) is 0.611. The molecule has 130 valence electrons. The zero-order valence-corrected chi connectivity index (χ0v) is 13.1. The smallest absolute Gasteiger partial charge is 0.330 e. The largest absolute Gasteiger partial charge is 0.387 e. The van der Waals surface area contributed by atoms with Crippen LogP contribution in [0.15, 0.2) is 58.4 Å². The highest BCUT2D eigenvalue weighted by molar-refractivity contribution is 5.79. The SMILES string of the molecule is O=c1ccn(C2OC(Cn3ccc4ccccc43)C(O)C2O)c(=O)[nH]1. The number of aromatic nitrogens is 3. The van der Waals surface area contributed by atoms with Gasteiger partial charge in [-0.05, 0) is 17.5 Å². The summed E-state index contributed by atoms with van der Waals surface area (Å²) in [5.74, 6) is 0.